The topological polar surface area (TPSA) is 29.5 Å². The molecule has 1 aliphatic rings. The van der Waals surface area contributed by atoms with Crippen LogP contribution in [0.3, 0.4) is 0 Å². The van der Waals surface area contributed by atoms with Crippen LogP contribution in [-0.2, 0) is 6.42 Å². The van der Waals surface area contributed by atoms with Gasteiger partial charge in [0.25, 0.3) is 0 Å². The minimum atomic E-state index is 0.855. The summed E-state index contributed by atoms with van der Waals surface area (Å²) >= 11 is 0. The van der Waals surface area contributed by atoms with Crippen molar-refractivity contribution in [2.24, 2.45) is 0 Å². The Bertz CT molecular complexity index is 3440. The third-order valence-electron chi connectivity index (χ3n) is 12.1. The van der Waals surface area contributed by atoms with E-state index in [1.165, 1.54) is 43.6 Å². The lowest BCUT2D eigenvalue weighted by Gasteiger charge is -2.29. The largest absolute Gasteiger partial charge is 0.456 e. The zero-order valence-electron chi connectivity index (χ0n) is 32.2. The molecule has 3 nitrogen and oxygen atoms in total. The van der Waals surface area contributed by atoms with E-state index in [1.54, 1.807) is 0 Å². The molecule has 11 aromatic rings. The van der Waals surface area contributed by atoms with Crippen LogP contribution in [0, 0.1) is 0 Å². The van der Waals surface area contributed by atoms with Crippen molar-refractivity contribution >= 4 is 77.6 Å². The standard InChI is InChI=1S/C56H37NO2/c1-2-14-36(15-3-1)42-33-30-39(48-34-38-16-4-5-17-41(38)44-18-6-7-19-45(44)48)35-50(42)57(49-23-13-27-54-56(49)47-21-9-11-25-52(47)59-54)40-31-28-37(29-32-40)43-22-12-26-53-55(43)46-20-8-10-24-51(46)58-53/h1-7,9-19,21-35H,8,20H2. The van der Waals surface area contributed by atoms with Crippen LogP contribution in [0.2, 0.25) is 0 Å². The van der Waals surface area contributed by atoms with E-state index in [0.29, 0.717) is 0 Å². The number of anilines is 3. The Balaban J connectivity index is 1.12. The molecule has 0 radical (unpaired) electrons. The summed E-state index contributed by atoms with van der Waals surface area (Å²) in [5.74, 6) is 0.981. The first-order valence-electron chi connectivity index (χ1n) is 20.4. The number of aryl methyl sites for hydroxylation is 1. The Hall–Kier alpha value is -7.62. The van der Waals surface area contributed by atoms with Gasteiger partial charge in [0.15, 0.2) is 0 Å². The summed E-state index contributed by atoms with van der Waals surface area (Å²) < 4.78 is 12.9. The molecule has 59 heavy (non-hydrogen) atoms. The predicted molar refractivity (Wildman–Crippen MR) is 247 cm³/mol. The maximum absolute atomic E-state index is 6.53. The maximum atomic E-state index is 6.53. The fourth-order valence-electron chi connectivity index (χ4n) is 9.45. The summed E-state index contributed by atoms with van der Waals surface area (Å²) in [5.41, 5.74) is 14.1. The van der Waals surface area contributed by atoms with E-state index < -0.39 is 0 Å². The Morgan fingerprint density at radius 3 is 1.95 bits per heavy atom. The van der Waals surface area contributed by atoms with Crippen LogP contribution in [0.4, 0.5) is 17.1 Å². The third kappa shape index (κ3) is 5.43. The Labute approximate surface area is 341 Å². The van der Waals surface area contributed by atoms with Gasteiger partial charge in [0.2, 0.25) is 0 Å². The van der Waals surface area contributed by atoms with Crippen molar-refractivity contribution in [3.8, 4) is 33.4 Å². The van der Waals surface area contributed by atoms with E-state index in [2.05, 4.69) is 199 Å². The number of hydrogen-bond acceptors (Lipinski definition) is 3. The number of hydrogen-bond donors (Lipinski definition) is 0. The van der Waals surface area contributed by atoms with Crippen LogP contribution in [0.25, 0.3) is 93.9 Å². The summed E-state index contributed by atoms with van der Waals surface area (Å²) in [5, 5.41) is 8.35. The number of rotatable bonds is 6. The SMILES string of the molecule is C1=Cc2oc3cccc(-c4ccc(N(c5cc(-c6cc7ccccc7c7ccccc67)ccc5-c5ccccc5)c5cccc6oc7ccccc7c56)cc4)c3c2CC1. The van der Waals surface area contributed by atoms with Gasteiger partial charge in [-0.25, -0.2) is 0 Å². The number of benzene rings is 9. The molecule has 0 atom stereocenters. The lowest BCUT2D eigenvalue weighted by molar-refractivity contribution is 0.595. The molecule has 1 aliphatic carbocycles. The van der Waals surface area contributed by atoms with E-state index in [1.807, 2.05) is 6.07 Å². The van der Waals surface area contributed by atoms with Gasteiger partial charge < -0.3 is 13.7 Å². The highest BCUT2D eigenvalue weighted by atomic mass is 16.3. The summed E-state index contributed by atoms with van der Waals surface area (Å²) in [4.78, 5) is 2.44. The zero-order chi connectivity index (χ0) is 38.9. The Kier molecular flexibility index (Phi) is 7.67. The van der Waals surface area contributed by atoms with Crippen LogP contribution in [-0.4, -0.2) is 0 Å². The third-order valence-corrected chi connectivity index (χ3v) is 12.1. The van der Waals surface area contributed by atoms with Crippen LogP contribution >= 0.6 is 0 Å². The van der Waals surface area contributed by atoms with Gasteiger partial charge in [-0.15, -0.1) is 0 Å². The van der Waals surface area contributed by atoms with Gasteiger partial charge in [0.1, 0.15) is 22.5 Å². The minimum Gasteiger partial charge on any atom is -0.456 e. The second kappa shape index (κ2) is 13.5. The monoisotopic (exact) mass is 755 g/mol. The van der Waals surface area contributed by atoms with Crippen molar-refractivity contribution in [1.82, 2.24) is 0 Å². The highest BCUT2D eigenvalue weighted by Crippen LogP contribution is 2.48. The molecule has 278 valence electrons. The Morgan fingerprint density at radius 1 is 0.407 bits per heavy atom. The molecule has 9 aromatic carbocycles. The van der Waals surface area contributed by atoms with Gasteiger partial charge in [-0.1, -0.05) is 146 Å². The van der Waals surface area contributed by atoms with Crippen molar-refractivity contribution in [3.63, 3.8) is 0 Å². The Morgan fingerprint density at radius 2 is 1.08 bits per heavy atom. The smallest absolute Gasteiger partial charge is 0.137 e. The molecule has 0 amide bonds. The molecule has 0 N–H and O–H groups in total. The van der Waals surface area contributed by atoms with Gasteiger partial charge >= 0.3 is 0 Å². The second-order valence-corrected chi connectivity index (χ2v) is 15.5. The first-order valence-corrected chi connectivity index (χ1v) is 20.4. The summed E-state index contributed by atoms with van der Waals surface area (Å²) in [6.45, 7) is 0. The summed E-state index contributed by atoms with van der Waals surface area (Å²) in [6, 6.07) is 67.9. The quantitative estimate of drug-likeness (QED) is 0.158. The van der Waals surface area contributed by atoms with E-state index in [9.17, 15) is 0 Å². The highest BCUT2D eigenvalue weighted by Gasteiger charge is 2.24. The molecule has 0 saturated carbocycles. The maximum Gasteiger partial charge on any atom is 0.137 e. The molecule has 0 saturated heterocycles. The first kappa shape index (κ1) is 33.5. The molecule has 12 rings (SSSR count). The van der Waals surface area contributed by atoms with Crippen LogP contribution in [0.15, 0.2) is 203 Å². The number of fused-ring (bicyclic) bond motifs is 9. The molecule has 0 spiro atoms. The van der Waals surface area contributed by atoms with Crippen molar-refractivity contribution in [2.45, 2.75) is 12.8 Å². The van der Waals surface area contributed by atoms with Crippen LogP contribution < -0.4 is 4.90 Å². The minimum absolute atomic E-state index is 0.855. The van der Waals surface area contributed by atoms with Crippen molar-refractivity contribution in [1.29, 1.82) is 0 Å². The van der Waals surface area contributed by atoms with Crippen molar-refractivity contribution < 1.29 is 8.83 Å². The van der Waals surface area contributed by atoms with Crippen LogP contribution in [0.1, 0.15) is 17.7 Å². The predicted octanol–water partition coefficient (Wildman–Crippen LogP) is 16.1. The molecule has 3 heteroatoms. The fraction of sp³-hybridized carbons (Fsp3) is 0.0357. The van der Waals surface area contributed by atoms with Gasteiger partial charge in [-0.3, -0.25) is 0 Å². The summed E-state index contributed by atoms with van der Waals surface area (Å²) in [6.07, 6.45) is 6.34. The van der Waals surface area contributed by atoms with E-state index >= 15 is 0 Å². The summed E-state index contributed by atoms with van der Waals surface area (Å²) in [7, 11) is 0. The molecule has 2 heterocycles. The van der Waals surface area contributed by atoms with Crippen molar-refractivity contribution in [2.75, 3.05) is 4.90 Å². The van der Waals surface area contributed by atoms with Gasteiger partial charge in [-0.05, 0) is 117 Å². The van der Waals surface area contributed by atoms with Gasteiger partial charge in [0.05, 0.1) is 16.8 Å². The van der Waals surface area contributed by atoms with E-state index in [-0.39, 0.29) is 0 Å². The first-order chi connectivity index (χ1) is 29.3. The highest BCUT2D eigenvalue weighted by molar-refractivity contribution is 6.16. The lowest BCUT2D eigenvalue weighted by Crippen LogP contribution is -2.12. The number of furan rings is 2. The fourth-order valence-corrected chi connectivity index (χ4v) is 9.45. The molecule has 0 aliphatic heterocycles. The lowest BCUT2D eigenvalue weighted by atomic mass is 9.91. The molecule has 0 unspecified atom stereocenters. The average molecular weight is 756 g/mol. The second-order valence-electron chi connectivity index (χ2n) is 15.5. The average Bonchev–Trinajstić information content (AvgIpc) is 3.89. The molecule has 2 aromatic heterocycles. The molecular weight excluding hydrogens is 719 g/mol. The van der Waals surface area contributed by atoms with Crippen LogP contribution in [0.5, 0.6) is 0 Å². The molecule has 0 bridgehead atoms. The molecular formula is C56H37NO2. The normalized spacial score (nSPS) is 12.5. The molecule has 0 fully saturated rings. The number of allylic oxidation sites excluding steroid dienone is 1. The number of para-hydroxylation sites is 1. The zero-order valence-corrected chi connectivity index (χ0v) is 32.2. The van der Waals surface area contributed by atoms with E-state index in [4.69, 9.17) is 8.83 Å². The van der Waals surface area contributed by atoms with Gasteiger partial charge in [0, 0.05) is 27.6 Å². The van der Waals surface area contributed by atoms with Crippen molar-refractivity contribution in [3.05, 3.63) is 205 Å². The number of nitrogens with zero attached hydrogens (tertiary/aromatic N) is 1. The van der Waals surface area contributed by atoms with Gasteiger partial charge in [-0.2, -0.15) is 0 Å². The van der Waals surface area contributed by atoms with E-state index in [0.717, 1.165) is 85.4 Å².